The first kappa shape index (κ1) is 17.9. The summed E-state index contributed by atoms with van der Waals surface area (Å²) in [5.41, 5.74) is 0. The molecule has 0 spiro atoms. The first-order chi connectivity index (χ1) is 10.1. The van der Waals surface area contributed by atoms with Crippen molar-refractivity contribution in [2.45, 2.75) is 26.4 Å². The van der Waals surface area contributed by atoms with Gasteiger partial charge in [-0.2, -0.15) is 0 Å². The molecule has 7 nitrogen and oxygen atoms in total. The molecule has 1 aliphatic heterocycles. The Bertz CT molecular complexity index is 317. The molecule has 0 aromatic heterocycles. The second kappa shape index (κ2) is 10.5. The van der Waals surface area contributed by atoms with Gasteiger partial charge in [0.05, 0.1) is 6.10 Å². The van der Waals surface area contributed by atoms with E-state index >= 15 is 0 Å². The van der Waals surface area contributed by atoms with Gasteiger partial charge in [-0.25, -0.2) is 0 Å². The number of nitrogens with one attached hydrogen (secondary N) is 3. The van der Waals surface area contributed by atoms with Crippen molar-refractivity contribution in [3.05, 3.63) is 0 Å². The quantitative estimate of drug-likeness (QED) is 0.393. The number of piperazine rings is 1. The molecule has 1 saturated heterocycles. The molecule has 0 atom stereocenters. The molecule has 21 heavy (non-hydrogen) atoms. The number of amides is 2. The Morgan fingerprint density at radius 2 is 1.76 bits per heavy atom. The Balaban J connectivity index is 2.01. The smallest absolute Gasteiger partial charge is 0.309 e. The molecule has 1 fully saturated rings. The van der Waals surface area contributed by atoms with Crippen molar-refractivity contribution in [1.29, 1.82) is 0 Å². The molecule has 0 aromatic carbocycles. The zero-order chi connectivity index (χ0) is 15.5. The lowest BCUT2D eigenvalue weighted by atomic mass is 10.3. The van der Waals surface area contributed by atoms with Crippen molar-refractivity contribution in [2.24, 2.45) is 0 Å². The highest BCUT2D eigenvalue weighted by molar-refractivity contribution is 6.35. The van der Waals surface area contributed by atoms with Crippen LogP contribution in [0.4, 0.5) is 0 Å². The molecule has 3 N–H and O–H groups in total. The second-order valence-corrected chi connectivity index (χ2v) is 5.38. The second-order valence-electron chi connectivity index (χ2n) is 5.38. The van der Waals surface area contributed by atoms with E-state index in [1.807, 2.05) is 13.8 Å². The summed E-state index contributed by atoms with van der Waals surface area (Å²) in [5.74, 6) is -1.13. The predicted molar refractivity (Wildman–Crippen MR) is 81.0 cm³/mol. The lowest BCUT2D eigenvalue weighted by Gasteiger charge is -2.26. The normalized spacial score (nSPS) is 16.0. The van der Waals surface area contributed by atoms with Crippen LogP contribution >= 0.6 is 0 Å². The van der Waals surface area contributed by atoms with Gasteiger partial charge >= 0.3 is 11.8 Å². The molecule has 0 saturated carbocycles. The topological polar surface area (TPSA) is 82.7 Å². The van der Waals surface area contributed by atoms with Crippen molar-refractivity contribution in [3.63, 3.8) is 0 Å². The van der Waals surface area contributed by atoms with E-state index in [1.54, 1.807) is 0 Å². The van der Waals surface area contributed by atoms with Crippen molar-refractivity contribution >= 4 is 11.8 Å². The van der Waals surface area contributed by atoms with Gasteiger partial charge in [0, 0.05) is 52.4 Å². The van der Waals surface area contributed by atoms with Crippen molar-refractivity contribution in [1.82, 2.24) is 20.9 Å². The van der Waals surface area contributed by atoms with Crippen LogP contribution in [0.3, 0.4) is 0 Å². The van der Waals surface area contributed by atoms with E-state index in [-0.39, 0.29) is 6.10 Å². The van der Waals surface area contributed by atoms with E-state index < -0.39 is 11.8 Å². The summed E-state index contributed by atoms with van der Waals surface area (Å²) in [6, 6.07) is 0. The Hall–Kier alpha value is -1.18. The van der Waals surface area contributed by atoms with Gasteiger partial charge in [0.15, 0.2) is 0 Å². The molecule has 122 valence electrons. The number of carbonyl (C=O) groups is 2. The van der Waals surface area contributed by atoms with Gasteiger partial charge in [-0.15, -0.1) is 0 Å². The van der Waals surface area contributed by atoms with Gasteiger partial charge < -0.3 is 20.7 Å². The van der Waals surface area contributed by atoms with Crippen LogP contribution < -0.4 is 16.0 Å². The fourth-order valence-corrected chi connectivity index (χ4v) is 2.02. The molecule has 0 aliphatic carbocycles. The van der Waals surface area contributed by atoms with Crippen LogP contribution in [-0.4, -0.2) is 75.2 Å². The Kier molecular flexibility index (Phi) is 8.96. The van der Waals surface area contributed by atoms with Gasteiger partial charge in [-0.05, 0) is 20.3 Å². The summed E-state index contributed by atoms with van der Waals surface area (Å²) >= 11 is 0. The maximum Gasteiger partial charge on any atom is 0.309 e. The predicted octanol–water partition coefficient (Wildman–Crippen LogP) is -1.06. The molecule has 1 aliphatic rings. The van der Waals surface area contributed by atoms with Crippen LogP contribution in [0.15, 0.2) is 0 Å². The van der Waals surface area contributed by atoms with E-state index in [4.69, 9.17) is 4.74 Å². The summed E-state index contributed by atoms with van der Waals surface area (Å²) in [4.78, 5) is 25.4. The van der Waals surface area contributed by atoms with Crippen LogP contribution in [0.1, 0.15) is 20.3 Å². The summed E-state index contributed by atoms with van der Waals surface area (Å²) in [7, 11) is 0. The fraction of sp³-hybridized carbons (Fsp3) is 0.857. The Labute approximate surface area is 126 Å². The van der Waals surface area contributed by atoms with E-state index in [0.717, 1.165) is 32.7 Å². The Morgan fingerprint density at radius 3 is 2.38 bits per heavy atom. The standard InChI is InChI=1S/C14H28N4O3/c1-12(2)21-11-3-4-16-13(19)14(20)17-7-10-18-8-5-15-6-9-18/h12,15H,3-11H2,1-2H3,(H,16,19)(H,17,20). The van der Waals surface area contributed by atoms with Gasteiger partial charge in [0.25, 0.3) is 0 Å². The number of rotatable bonds is 8. The molecular formula is C14H28N4O3. The highest BCUT2D eigenvalue weighted by atomic mass is 16.5. The molecule has 1 heterocycles. The first-order valence-corrected chi connectivity index (χ1v) is 7.70. The minimum absolute atomic E-state index is 0.189. The largest absolute Gasteiger partial charge is 0.379 e. The van der Waals surface area contributed by atoms with Crippen LogP contribution in [0, 0.1) is 0 Å². The van der Waals surface area contributed by atoms with Crippen LogP contribution in [-0.2, 0) is 14.3 Å². The van der Waals surface area contributed by atoms with E-state index in [0.29, 0.717) is 26.1 Å². The van der Waals surface area contributed by atoms with Crippen LogP contribution in [0.2, 0.25) is 0 Å². The number of hydrogen-bond donors (Lipinski definition) is 3. The molecule has 0 aromatic rings. The first-order valence-electron chi connectivity index (χ1n) is 7.70. The van der Waals surface area contributed by atoms with Crippen molar-refractivity contribution in [3.8, 4) is 0 Å². The monoisotopic (exact) mass is 300 g/mol. The third-order valence-corrected chi connectivity index (χ3v) is 3.19. The average Bonchev–Trinajstić information content (AvgIpc) is 2.47. The molecule has 0 unspecified atom stereocenters. The maximum atomic E-state index is 11.6. The summed E-state index contributed by atoms with van der Waals surface area (Å²) in [6.07, 6.45) is 0.895. The van der Waals surface area contributed by atoms with Crippen LogP contribution in [0.25, 0.3) is 0 Å². The van der Waals surface area contributed by atoms with E-state index in [9.17, 15) is 9.59 Å². The number of carbonyl (C=O) groups excluding carboxylic acids is 2. The third-order valence-electron chi connectivity index (χ3n) is 3.19. The summed E-state index contributed by atoms with van der Waals surface area (Å²) < 4.78 is 5.35. The third kappa shape index (κ3) is 8.64. The zero-order valence-electron chi connectivity index (χ0n) is 13.1. The van der Waals surface area contributed by atoms with Gasteiger partial charge in [0.2, 0.25) is 0 Å². The van der Waals surface area contributed by atoms with Crippen molar-refractivity contribution in [2.75, 3.05) is 52.4 Å². The summed E-state index contributed by atoms with van der Waals surface area (Å²) in [5, 5.41) is 8.50. The number of hydrogen-bond acceptors (Lipinski definition) is 5. The lowest BCUT2D eigenvalue weighted by molar-refractivity contribution is -0.139. The SMILES string of the molecule is CC(C)OCCCNC(=O)C(=O)NCCN1CCNCC1. The van der Waals surface area contributed by atoms with Gasteiger partial charge in [0.1, 0.15) is 0 Å². The maximum absolute atomic E-state index is 11.6. The molecule has 7 heteroatoms. The molecular weight excluding hydrogens is 272 g/mol. The number of nitrogens with zero attached hydrogens (tertiary/aromatic N) is 1. The summed E-state index contributed by atoms with van der Waals surface area (Å²) in [6.45, 7) is 10.2. The minimum atomic E-state index is -0.570. The molecule has 2 amide bonds. The van der Waals surface area contributed by atoms with E-state index in [1.165, 1.54) is 0 Å². The van der Waals surface area contributed by atoms with Crippen molar-refractivity contribution < 1.29 is 14.3 Å². The molecule has 1 rings (SSSR count). The fourth-order valence-electron chi connectivity index (χ4n) is 2.02. The number of ether oxygens (including phenoxy) is 1. The Morgan fingerprint density at radius 1 is 1.14 bits per heavy atom. The minimum Gasteiger partial charge on any atom is -0.379 e. The highest BCUT2D eigenvalue weighted by Crippen LogP contribution is 1.90. The van der Waals surface area contributed by atoms with Gasteiger partial charge in [-0.3, -0.25) is 14.5 Å². The molecule has 0 bridgehead atoms. The highest BCUT2D eigenvalue weighted by Gasteiger charge is 2.13. The molecule has 0 radical (unpaired) electrons. The lowest BCUT2D eigenvalue weighted by Crippen LogP contribution is -2.47. The zero-order valence-corrected chi connectivity index (χ0v) is 13.1. The van der Waals surface area contributed by atoms with Crippen LogP contribution in [0.5, 0.6) is 0 Å². The van der Waals surface area contributed by atoms with E-state index in [2.05, 4.69) is 20.9 Å². The van der Waals surface area contributed by atoms with Gasteiger partial charge in [-0.1, -0.05) is 0 Å². The average molecular weight is 300 g/mol.